The molecule has 4 heteroatoms. The first-order valence-corrected chi connectivity index (χ1v) is 8.44. The van der Waals surface area contributed by atoms with E-state index in [1.165, 1.54) is 4.90 Å². The molecule has 1 atom stereocenters. The van der Waals surface area contributed by atoms with Crippen LogP contribution in [0.25, 0.3) is 0 Å². The number of carbonyl (C=O) groups excluding carboxylic acids is 2. The summed E-state index contributed by atoms with van der Waals surface area (Å²) in [5.41, 5.74) is -0.0793. The maximum absolute atomic E-state index is 13.1. The van der Waals surface area contributed by atoms with Crippen molar-refractivity contribution >= 4 is 11.8 Å². The lowest BCUT2D eigenvalue weighted by Gasteiger charge is -2.49. The number of carbonyl (C=O) groups is 2. The molecule has 1 fully saturated rings. The Morgan fingerprint density at radius 1 is 1.32 bits per heavy atom. The lowest BCUT2D eigenvalue weighted by molar-refractivity contribution is -0.189. The smallest absolute Gasteiger partial charge is 0.263 e. The van der Waals surface area contributed by atoms with Crippen LogP contribution >= 0.6 is 0 Å². The minimum absolute atomic E-state index is 0.107. The van der Waals surface area contributed by atoms with E-state index in [9.17, 15) is 9.59 Å². The fourth-order valence-electron chi connectivity index (χ4n) is 3.78. The normalized spacial score (nSPS) is 27.2. The molecule has 3 rings (SSSR count). The molecule has 0 aromatic carbocycles. The SMILES string of the molecule is CC(C)C(=O)N1C(=O)C2=C(C=CCC2C)OC12CCCCC2. The summed E-state index contributed by atoms with van der Waals surface area (Å²) in [6.07, 6.45) is 9.43. The molecule has 1 heterocycles. The van der Waals surface area contributed by atoms with E-state index in [4.69, 9.17) is 4.74 Å². The van der Waals surface area contributed by atoms with E-state index in [-0.39, 0.29) is 23.7 Å². The third kappa shape index (κ3) is 2.29. The number of imide groups is 1. The first-order chi connectivity index (χ1) is 10.5. The van der Waals surface area contributed by atoms with E-state index in [2.05, 4.69) is 6.08 Å². The zero-order chi connectivity index (χ0) is 15.9. The van der Waals surface area contributed by atoms with Crippen LogP contribution in [0.4, 0.5) is 0 Å². The van der Waals surface area contributed by atoms with Crippen LogP contribution in [0.5, 0.6) is 0 Å². The largest absolute Gasteiger partial charge is 0.467 e. The summed E-state index contributed by atoms with van der Waals surface area (Å²) >= 11 is 0. The molecule has 2 amide bonds. The summed E-state index contributed by atoms with van der Waals surface area (Å²) < 4.78 is 6.32. The second-order valence-corrected chi connectivity index (χ2v) is 7.06. The standard InChI is InChI=1S/C18H25NO3/c1-12(2)16(20)19-17(21)15-13(3)8-7-9-14(15)22-18(19)10-5-4-6-11-18/h7,9,12-13H,4-6,8,10-11H2,1-3H3. The van der Waals surface area contributed by atoms with Gasteiger partial charge >= 0.3 is 0 Å². The average Bonchev–Trinajstić information content (AvgIpc) is 2.47. The highest BCUT2D eigenvalue weighted by molar-refractivity contribution is 6.07. The molecule has 0 N–H and O–H groups in total. The summed E-state index contributed by atoms with van der Waals surface area (Å²) in [4.78, 5) is 27.3. The molecule has 0 radical (unpaired) electrons. The van der Waals surface area contributed by atoms with Crippen molar-refractivity contribution in [2.24, 2.45) is 11.8 Å². The lowest BCUT2D eigenvalue weighted by Crippen LogP contribution is -2.61. The van der Waals surface area contributed by atoms with Gasteiger partial charge in [0.15, 0.2) is 5.72 Å². The van der Waals surface area contributed by atoms with E-state index in [1.807, 2.05) is 26.8 Å². The predicted molar refractivity (Wildman–Crippen MR) is 83.5 cm³/mol. The number of nitrogens with zero attached hydrogens (tertiary/aromatic N) is 1. The molecule has 0 bridgehead atoms. The van der Waals surface area contributed by atoms with Crippen molar-refractivity contribution in [1.82, 2.24) is 4.90 Å². The fourth-order valence-corrected chi connectivity index (χ4v) is 3.78. The first kappa shape index (κ1) is 15.3. The zero-order valence-electron chi connectivity index (χ0n) is 13.7. The topological polar surface area (TPSA) is 46.6 Å². The highest BCUT2D eigenvalue weighted by Gasteiger charge is 2.52. The first-order valence-electron chi connectivity index (χ1n) is 8.44. The molecule has 1 spiro atoms. The number of hydrogen-bond donors (Lipinski definition) is 0. The van der Waals surface area contributed by atoms with Crippen molar-refractivity contribution < 1.29 is 14.3 Å². The molecular formula is C18H25NO3. The van der Waals surface area contributed by atoms with Crippen LogP contribution in [0.3, 0.4) is 0 Å². The summed E-state index contributed by atoms with van der Waals surface area (Å²) in [6, 6.07) is 0. The molecule has 3 aliphatic rings. The van der Waals surface area contributed by atoms with Gasteiger partial charge in [-0.05, 0) is 31.3 Å². The summed E-state index contributed by atoms with van der Waals surface area (Å²) in [5.74, 6) is 0.358. The van der Waals surface area contributed by atoms with Gasteiger partial charge in [-0.3, -0.25) is 9.59 Å². The molecule has 22 heavy (non-hydrogen) atoms. The highest BCUT2D eigenvalue weighted by Crippen LogP contribution is 2.44. The Morgan fingerprint density at radius 3 is 2.64 bits per heavy atom. The number of hydrogen-bond acceptors (Lipinski definition) is 3. The highest BCUT2D eigenvalue weighted by atomic mass is 16.5. The predicted octanol–water partition coefficient (Wildman–Crippen LogP) is 3.54. The van der Waals surface area contributed by atoms with Gasteiger partial charge in [-0.2, -0.15) is 0 Å². The Labute approximate surface area is 132 Å². The van der Waals surface area contributed by atoms with E-state index < -0.39 is 5.72 Å². The Hall–Kier alpha value is -1.58. The van der Waals surface area contributed by atoms with E-state index in [0.29, 0.717) is 11.3 Å². The molecule has 120 valence electrons. The van der Waals surface area contributed by atoms with E-state index >= 15 is 0 Å². The van der Waals surface area contributed by atoms with Gasteiger partial charge in [-0.25, -0.2) is 4.90 Å². The molecule has 2 aliphatic carbocycles. The number of allylic oxidation sites excluding steroid dienone is 2. The Kier molecular flexibility index (Phi) is 3.87. The van der Waals surface area contributed by atoms with Gasteiger partial charge in [0, 0.05) is 18.8 Å². The lowest BCUT2D eigenvalue weighted by atomic mass is 9.83. The van der Waals surface area contributed by atoms with Gasteiger partial charge in [0.2, 0.25) is 5.91 Å². The fraction of sp³-hybridized carbons (Fsp3) is 0.667. The third-order valence-electron chi connectivity index (χ3n) is 5.01. The van der Waals surface area contributed by atoms with Gasteiger partial charge in [0.25, 0.3) is 5.91 Å². The zero-order valence-corrected chi connectivity index (χ0v) is 13.7. The average molecular weight is 303 g/mol. The second kappa shape index (κ2) is 5.56. The van der Waals surface area contributed by atoms with Crippen LogP contribution in [0.1, 0.15) is 59.3 Å². The number of amides is 2. The van der Waals surface area contributed by atoms with Crippen LogP contribution in [0, 0.1) is 11.8 Å². The molecule has 1 unspecified atom stereocenters. The van der Waals surface area contributed by atoms with Gasteiger partial charge in [0.1, 0.15) is 5.76 Å². The Bertz CT molecular complexity index is 553. The van der Waals surface area contributed by atoms with Crippen LogP contribution in [0.2, 0.25) is 0 Å². The van der Waals surface area contributed by atoms with Crippen LogP contribution < -0.4 is 0 Å². The monoisotopic (exact) mass is 303 g/mol. The summed E-state index contributed by atoms with van der Waals surface area (Å²) in [5, 5.41) is 0. The van der Waals surface area contributed by atoms with Crippen molar-refractivity contribution in [1.29, 1.82) is 0 Å². The molecule has 0 aromatic heterocycles. The van der Waals surface area contributed by atoms with Crippen LogP contribution in [-0.2, 0) is 14.3 Å². The number of rotatable bonds is 1. The summed E-state index contributed by atoms with van der Waals surface area (Å²) in [7, 11) is 0. The van der Waals surface area contributed by atoms with Gasteiger partial charge in [-0.15, -0.1) is 0 Å². The minimum atomic E-state index is -0.753. The molecule has 4 nitrogen and oxygen atoms in total. The molecule has 0 aromatic rings. The van der Waals surface area contributed by atoms with Crippen LogP contribution in [0.15, 0.2) is 23.5 Å². The Morgan fingerprint density at radius 2 is 2.00 bits per heavy atom. The maximum atomic E-state index is 13.1. The van der Waals surface area contributed by atoms with Crippen molar-refractivity contribution in [3.63, 3.8) is 0 Å². The van der Waals surface area contributed by atoms with Crippen molar-refractivity contribution in [2.75, 3.05) is 0 Å². The van der Waals surface area contributed by atoms with E-state index in [0.717, 1.165) is 38.5 Å². The minimum Gasteiger partial charge on any atom is -0.467 e. The quantitative estimate of drug-likeness (QED) is 0.744. The van der Waals surface area contributed by atoms with Crippen molar-refractivity contribution in [3.8, 4) is 0 Å². The summed E-state index contributed by atoms with van der Waals surface area (Å²) in [6.45, 7) is 5.72. The molecule has 1 aliphatic heterocycles. The van der Waals surface area contributed by atoms with Gasteiger partial charge < -0.3 is 4.74 Å². The molecule has 0 saturated heterocycles. The van der Waals surface area contributed by atoms with Crippen molar-refractivity contribution in [2.45, 2.75) is 65.0 Å². The van der Waals surface area contributed by atoms with Gasteiger partial charge in [-0.1, -0.05) is 33.3 Å². The molecular weight excluding hydrogens is 278 g/mol. The maximum Gasteiger partial charge on any atom is 0.263 e. The van der Waals surface area contributed by atoms with Crippen molar-refractivity contribution in [3.05, 3.63) is 23.5 Å². The second-order valence-electron chi connectivity index (χ2n) is 7.06. The third-order valence-corrected chi connectivity index (χ3v) is 5.01. The molecule has 1 saturated carbocycles. The van der Waals surface area contributed by atoms with E-state index in [1.54, 1.807) is 0 Å². The number of ether oxygens (including phenoxy) is 1. The van der Waals surface area contributed by atoms with Crippen LogP contribution in [-0.4, -0.2) is 22.4 Å². The van der Waals surface area contributed by atoms with Gasteiger partial charge in [0.05, 0.1) is 5.57 Å². The Balaban J connectivity index is 2.07.